The van der Waals surface area contributed by atoms with Crippen LogP contribution in [0.5, 0.6) is 0 Å². The maximum atomic E-state index is 3.05. The summed E-state index contributed by atoms with van der Waals surface area (Å²) in [6.45, 7) is 5.49. The average molecular weight is 114 g/mol. The maximum absolute atomic E-state index is 3.05. The van der Waals surface area contributed by atoms with E-state index in [-0.39, 0.29) is 0 Å². The minimum atomic E-state index is 0.780. The van der Waals surface area contributed by atoms with Crippen LogP contribution < -0.4 is 10.8 Å². The van der Waals surface area contributed by atoms with Gasteiger partial charge in [-0.1, -0.05) is 20.3 Å². The van der Waals surface area contributed by atoms with E-state index in [0.29, 0.717) is 0 Å². The molecule has 1 atom stereocenters. The fraction of sp³-hybridized carbons (Fsp3) is 1.00. The zero-order chi connectivity index (χ0) is 6.41. The van der Waals surface area contributed by atoms with Crippen molar-refractivity contribution in [1.82, 2.24) is 10.8 Å². The van der Waals surface area contributed by atoms with Gasteiger partial charge in [-0.2, -0.15) is 0 Å². The van der Waals surface area contributed by atoms with E-state index in [1.54, 1.807) is 0 Å². The monoisotopic (exact) mass is 114 g/mol. The lowest BCUT2D eigenvalue weighted by Crippen LogP contribution is -2.32. The largest absolute Gasteiger partial charge is 0.305 e. The van der Waals surface area contributed by atoms with Crippen LogP contribution in [-0.4, -0.2) is 14.5 Å². The van der Waals surface area contributed by atoms with E-state index in [9.17, 15) is 0 Å². The van der Waals surface area contributed by atoms with E-state index in [0.717, 1.165) is 12.5 Å². The maximum Gasteiger partial charge on any atom is 0.201 e. The summed E-state index contributed by atoms with van der Waals surface area (Å²) in [7, 11) is 1.89. The molecule has 0 bridgehead atoms. The summed E-state index contributed by atoms with van der Waals surface area (Å²) in [4.78, 5) is 0. The fourth-order valence-electron chi connectivity index (χ4n) is 0.421. The third-order valence-electron chi connectivity index (χ3n) is 1.32. The van der Waals surface area contributed by atoms with Crippen LogP contribution in [0.1, 0.15) is 20.3 Å². The summed E-state index contributed by atoms with van der Waals surface area (Å²) in [5.74, 6) is 0.780. The number of nitrogens with one attached hydrogen (secondary N) is 2. The molecule has 3 heteroatoms. The van der Waals surface area contributed by atoms with Gasteiger partial charge < -0.3 is 5.34 Å². The van der Waals surface area contributed by atoms with E-state index in [1.807, 2.05) is 7.98 Å². The van der Waals surface area contributed by atoms with Gasteiger partial charge in [0.25, 0.3) is 0 Å². The molecule has 0 aliphatic rings. The highest BCUT2D eigenvalue weighted by Crippen LogP contribution is 1.95. The molecule has 0 aliphatic carbocycles. The molecule has 0 aromatic rings. The van der Waals surface area contributed by atoms with Crippen molar-refractivity contribution in [3.8, 4) is 0 Å². The lowest BCUT2D eigenvalue weighted by Gasteiger charge is -2.07. The van der Waals surface area contributed by atoms with Crippen LogP contribution in [0.25, 0.3) is 0 Å². The van der Waals surface area contributed by atoms with Crippen LogP contribution in [0, 0.1) is 5.92 Å². The van der Waals surface area contributed by atoms with Crippen molar-refractivity contribution in [2.24, 2.45) is 5.92 Å². The average Bonchev–Trinajstić information content (AvgIpc) is 1.83. The summed E-state index contributed by atoms with van der Waals surface area (Å²) in [6.07, 6.45) is 1.24. The van der Waals surface area contributed by atoms with Crippen LogP contribution in [0.3, 0.4) is 0 Å². The summed E-state index contributed by atoms with van der Waals surface area (Å²) in [5.41, 5.74) is 3.05. The third-order valence-corrected chi connectivity index (χ3v) is 1.32. The molecule has 2 N–H and O–H groups in total. The van der Waals surface area contributed by atoms with E-state index < -0.39 is 0 Å². The van der Waals surface area contributed by atoms with Gasteiger partial charge in [-0.25, -0.2) is 0 Å². The molecule has 0 aromatic heterocycles. The Morgan fingerprint density at radius 1 is 1.62 bits per heavy atom. The standard InChI is InChI=1S/C5H15BN2/c1-3-5(2)4-7-8-6/h5,7-8H,3-4,6H2,1-2H3. The van der Waals surface area contributed by atoms with Gasteiger partial charge in [0.2, 0.25) is 7.98 Å². The molecule has 0 saturated carbocycles. The first-order chi connectivity index (χ1) is 3.81. The van der Waals surface area contributed by atoms with Crippen LogP contribution in [0.4, 0.5) is 0 Å². The Morgan fingerprint density at radius 2 is 2.25 bits per heavy atom. The van der Waals surface area contributed by atoms with E-state index in [1.165, 1.54) is 6.42 Å². The quantitative estimate of drug-likeness (QED) is 0.386. The van der Waals surface area contributed by atoms with Crippen molar-refractivity contribution in [1.29, 1.82) is 0 Å². The van der Waals surface area contributed by atoms with Crippen LogP contribution in [-0.2, 0) is 0 Å². The molecule has 0 rings (SSSR count). The van der Waals surface area contributed by atoms with Gasteiger partial charge in [0.05, 0.1) is 0 Å². The summed E-state index contributed by atoms with van der Waals surface area (Å²) >= 11 is 0. The zero-order valence-corrected chi connectivity index (χ0v) is 5.99. The molecule has 0 aliphatic heterocycles. The van der Waals surface area contributed by atoms with Crippen LogP contribution >= 0.6 is 0 Å². The lowest BCUT2D eigenvalue weighted by molar-refractivity contribution is 0.492. The van der Waals surface area contributed by atoms with E-state index >= 15 is 0 Å². The van der Waals surface area contributed by atoms with Crippen molar-refractivity contribution in [3.63, 3.8) is 0 Å². The minimum Gasteiger partial charge on any atom is -0.305 e. The van der Waals surface area contributed by atoms with Gasteiger partial charge in [0.1, 0.15) is 0 Å². The molecular formula is C5H15BN2. The first-order valence-corrected chi connectivity index (χ1v) is 3.20. The molecule has 2 nitrogen and oxygen atoms in total. The van der Waals surface area contributed by atoms with Gasteiger partial charge >= 0.3 is 0 Å². The minimum absolute atomic E-state index is 0.780. The molecule has 0 radical (unpaired) electrons. The lowest BCUT2D eigenvalue weighted by atomic mass is 10.1. The highest BCUT2D eigenvalue weighted by atomic mass is 15.3. The smallest absolute Gasteiger partial charge is 0.201 e. The van der Waals surface area contributed by atoms with Crippen molar-refractivity contribution in [2.75, 3.05) is 6.54 Å². The molecule has 8 heavy (non-hydrogen) atoms. The summed E-state index contributed by atoms with van der Waals surface area (Å²) < 4.78 is 0. The van der Waals surface area contributed by atoms with Crippen molar-refractivity contribution in [2.45, 2.75) is 20.3 Å². The molecule has 0 amide bonds. The van der Waals surface area contributed by atoms with Crippen molar-refractivity contribution >= 4 is 7.98 Å². The number of hydrogen-bond donors (Lipinski definition) is 2. The van der Waals surface area contributed by atoms with Gasteiger partial charge in [0, 0.05) is 6.54 Å². The van der Waals surface area contributed by atoms with Gasteiger partial charge in [0.15, 0.2) is 0 Å². The van der Waals surface area contributed by atoms with Crippen molar-refractivity contribution in [3.05, 3.63) is 0 Å². The van der Waals surface area contributed by atoms with Gasteiger partial charge in [-0.3, -0.25) is 5.43 Å². The summed E-state index contributed by atoms with van der Waals surface area (Å²) in [5, 5.41) is 2.88. The normalized spacial score (nSPS) is 13.8. The SMILES string of the molecule is BNNCC(C)CC. The Morgan fingerprint density at radius 3 is 2.62 bits per heavy atom. The highest BCUT2D eigenvalue weighted by molar-refractivity contribution is 6.03. The molecule has 1 unspecified atom stereocenters. The second-order valence-corrected chi connectivity index (χ2v) is 2.14. The number of hydrazine groups is 1. The Bertz CT molecular complexity index is 49.7. The second-order valence-electron chi connectivity index (χ2n) is 2.14. The Labute approximate surface area is 52.4 Å². The first-order valence-electron chi connectivity index (χ1n) is 3.20. The molecule has 0 spiro atoms. The van der Waals surface area contributed by atoms with E-state index in [2.05, 4.69) is 24.6 Å². The Kier molecular flexibility index (Phi) is 5.12. The van der Waals surface area contributed by atoms with Crippen LogP contribution in [0.15, 0.2) is 0 Å². The Balaban J connectivity index is 2.86. The molecule has 0 heterocycles. The fourth-order valence-corrected chi connectivity index (χ4v) is 0.421. The van der Waals surface area contributed by atoms with E-state index in [4.69, 9.17) is 0 Å². The molecule has 0 fully saturated rings. The van der Waals surface area contributed by atoms with Gasteiger partial charge in [-0.05, 0) is 5.92 Å². The highest BCUT2D eigenvalue weighted by Gasteiger charge is 1.93. The van der Waals surface area contributed by atoms with Crippen molar-refractivity contribution < 1.29 is 0 Å². The topological polar surface area (TPSA) is 24.1 Å². The van der Waals surface area contributed by atoms with Gasteiger partial charge in [-0.15, -0.1) is 0 Å². The third kappa shape index (κ3) is 4.15. The molecular weight excluding hydrogens is 98.9 g/mol. The van der Waals surface area contributed by atoms with Crippen LogP contribution in [0.2, 0.25) is 0 Å². The zero-order valence-electron chi connectivity index (χ0n) is 5.99. The molecule has 0 aromatic carbocycles. The molecule has 48 valence electrons. The summed E-state index contributed by atoms with van der Waals surface area (Å²) in [6, 6.07) is 0. The second kappa shape index (κ2) is 5.13. The Hall–Kier alpha value is -0.0151. The first kappa shape index (κ1) is 7.98. The predicted molar refractivity (Wildman–Crippen MR) is 39.1 cm³/mol. The number of hydrogen-bond acceptors (Lipinski definition) is 2. The predicted octanol–water partition coefficient (Wildman–Crippen LogP) is -0.325. The number of rotatable bonds is 4. The molecule has 0 saturated heterocycles.